The molecule has 1 amide bonds. The Bertz CT molecular complexity index is 887. The molecule has 3 N–H and O–H groups in total. The Morgan fingerprint density at radius 1 is 1.48 bits per heavy atom. The third-order valence-corrected chi connectivity index (χ3v) is 5.84. The van der Waals surface area contributed by atoms with Gasteiger partial charge in [-0.05, 0) is 36.8 Å². The molecule has 0 fully saturated rings. The summed E-state index contributed by atoms with van der Waals surface area (Å²) in [6, 6.07) is 2.11. The quantitative estimate of drug-likeness (QED) is 0.744. The molecule has 1 unspecified atom stereocenters. The highest BCUT2D eigenvalue weighted by molar-refractivity contribution is 7.21. The zero-order chi connectivity index (χ0) is 16.0. The molecule has 0 saturated carbocycles. The number of hydrogen-bond donors (Lipinski definition) is 2. The summed E-state index contributed by atoms with van der Waals surface area (Å²) < 4.78 is 0. The van der Waals surface area contributed by atoms with Crippen molar-refractivity contribution in [2.24, 2.45) is 5.92 Å². The summed E-state index contributed by atoms with van der Waals surface area (Å²) in [7, 11) is 0. The Labute approximate surface area is 140 Å². The maximum atomic E-state index is 12.4. The van der Waals surface area contributed by atoms with E-state index in [2.05, 4.69) is 28.5 Å². The van der Waals surface area contributed by atoms with E-state index in [0.29, 0.717) is 21.6 Å². The van der Waals surface area contributed by atoms with E-state index in [9.17, 15) is 4.79 Å². The molecular weight excluding hydrogens is 330 g/mol. The lowest BCUT2D eigenvalue weighted by atomic mass is 9.87. The number of amides is 1. The van der Waals surface area contributed by atoms with Crippen LogP contribution in [-0.4, -0.2) is 21.1 Å². The summed E-state index contributed by atoms with van der Waals surface area (Å²) >= 11 is 2.61. The molecule has 0 saturated heterocycles. The number of nitrogen functional groups attached to an aromatic ring is 1. The van der Waals surface area contributed by atoms with Crippen molar-refractivity contribution in [1.82, 2.24) is 15.2 Å². The number of aryl methyl sites for hydroxylation is 1. The van der Waals surface area contributed by atoms with Gasteiger partial charge < -0.3 is 5.73 Å². The van der Waals surface area contributed by atoms with Gasteiger partial charge in [0.25, 0.3) is 5.91 Å². The molecule has 6 nitrogen and oxygen atoms in total. The van der Waals surface area contributed by atoms with Crippen LogP contribution in [0.25, 0.3) is 10.2 Å². The van der Waals surface area contributed by atoms with Crippen molar-refractivity contribution in [1.29, 1.82) is 0 Å². The minimum absolute atomic E-state index is 0.256. The summed E-state index contributed by atoms with van der Waals surface area (Å²) in [5, 5.41) is 11.6. The smallest absolute Gasteiger partial charge is 0.269 e. The van der Waals surface area contributed by atoms with Crippen LogP contribution in [-0.2, 0) is 12.8 Å². The van der Waals surface area contributed by atoms with Crippen LogP contribution in [0.5, 0.6) is 0 Å². The SMILES string of the molecule is CC1CCc2nc3sc(C(=O)Nc4nncs4)c(N)c3cc2C1. The molecule has 8 heteroatoms. The number of fused-ring (bicyclic) bond motifs is 2. The molecule has 0 aromatic carbocycles. The fraction of sp³-hybridized carbons (Fsp3) is 0.333. The van der Waals surface area contributed by atoms with E-state index in [1.165, 1.54) is 28.2 Å². The third-order valence-electron chi connectivity index (χ3n) is 4.12. The van der Waals surface area contributed by atoms with Crippen molar-refractivity contribution in [2.75, 3.05) is 11.1 Å². The first-order chi connectivity index (χ1) is 11.1. The number of aromatic nitrogens is 3. The average molecular weight is 345 g/mol. The van der Waals surface area contributed by atoms with Gasteiger partial charge in [0.05, 0.1) is 5.69 Å². The van der Waals surface area contributed by atoms with Gasteiger partial charge in [0.2, 0.25) is 5.13 Å². The lowest BCUT2D eigenvalue weighted by molar-refractivity contribution is 0.103. The Balaban J connectivity index is 1.74. The minimum atomic E-state index is -0.256. The number of anilines is 2. The second-order valence-electron chi connectivity index (χ2n) is 5.84. The zero-order valence-corrected chi connectivity index (χ0v) is 14.1. The highest BCUT2D eigenvalue weighted by Crippen LogP contribution is 2.36. The van der Waals surface area contributed by atoms with E-state index in [0.717, 1.165) is 35.2 Å². The van der Waals surface area contributed by atoms with Crippen LogP contribution in [0, 0.1) is 5.92 Å². The van der Waals surface area contributed by atoms with Gasteiger partial charge in [-0.1, -0.05) is 18.3 Å². The van der Waals surface area contributed by atoms with Gasteiger partial charge in [-0.25, -0.2) is 4.98 Å². The van der Waals surface area contributed by atoms with Gasteiger partial charge in [0.15, 0.2) is 0 Å². The topological polar surface area (TPSA) is 93.8 Å². The molecule has 118 valence electrons. The molecule has 0 bridgehead atoms. The molecular formula is C15H15N5OS2. The first-order valence-electron chi connectivity index (χ1n) is 7.40. The summed E-state index contributed by atoms with van der Waals surface area (Å²) in [4.78, 5) is 18.5. The van der Waals surface area contributed by atoms with Crippen molar-refractivity contribution in [3.63, 3.8) is 0 Å². The third kappa shape index (κ3) is 2.57. The first kappa shape index (κ1) is 14.5. The molecule has 23 heavy (non-hydrogen) atoms. The number of carbonyl (C=O) groups is 1. The number of carbonyl (C=O) groups excluding carboxylic acids is 1. The lowest BCUT2D eigenvalue weighted by Gasteiger charge is -2.20. The minimum Gasteiger partial charge on any atom is -0.397 e. The highest BCUT2D eigenvalue weighted by atomic mass is 32.1. The monoisotopic (exact) mass is 345 g/mol. The van der Waals surface area contributed by atoms with E-state index in [1.807, 2.05) is 0 Å². The fourth-order valence-corrected chi connectivity index (χ4v) is 4.35. The predicted octanol–water partition coefficient (Wildman–Crippen LogP) is 3.11. The van der Waals surface area contributed by atoms with Gasteiger partial charge in [-0.3, -0.25) is 10.1 Å². The van der Waals surface area contributed by atoms with Crippen molar-refractivity contribution >= 4 is 49.6 Å². The standard InChI is InChI=1S/C15H15N5OS2/c1-7-2-3-10-8(4-7)5-9-11(16)12(23-14(9)18-10)13(21)19-15-20-17-6-22-15/h5-7H,2-4,16H2,1H3,(H,19,20,21). The van der Waals surface area contributed by atoms with Crippen molar-refractivity contribution in [2.45, 2.75) is 26.2 Å². The zero-order valence-electron chi connectivity index (χ0n) is 12.5. The Hall–Kier alpha value is -2.06. The molecule has 3 aromatic heterocycles. The number of hydrogen-bond acceptors (Lipinski definition) is 7. The molecule has 4 rings (SSSR count). The fourth-order valence-electron chi connectivity index (χ4n) is 2.92. The van der Waals surface area contributed by atoms with Gasteiger partial charge in [-0.2, -0.15) is 0 Å². The van der Waals surface area contributed by atoms with E-state index in [-0.39, 0.29) is 5.91 Å². The van der Waals surface area contributed by atoms with Crippen molar-refractivity contribution in [3.8, 4) is 0 Å². The highest BCUT2D eigenvalue weighted by Gasteiger charge is 2.22. The number of thiophene rings is 1. The normalized spacial score (nSPS) is 17.2. The van der Waals surface area contributed by atoms with Crippen LogP contribution in [0.1, 0.15) is 34.3 Å². The average Bonchev–Trinajstić information content (AvgIpc) is 3.14. The van der Waals surface area contributed by atoms with Crippen LogP contribution in [0.15, 0.2) is 11.6 Å². The maximum Gasteiger partial charge on any atom is 0.269 e. The van der Waals surface area contributed by atoms with Crippen LogP contribution < -0.4 is 11.1 Å². The summed E-state index contributed by atoms with van der Waals surface area (Å²) in [5.41, 5.74) is 10.7. The summed E-state index contributed by atoms with van der Waals surface area (Å²) in [6.45, 7) is 2.26. The van der Waals surface area contributed by atoms with Gasteiger partial charge in [0, 0.05) is 11.1 Å². The summed E-state index contributed by atoms with van der Waals surface area (Å²) in [6.07, 6.45) is 3.19. The second kappa shape index (κ2) is 5.54. The molecule has 0 aliphatic heterocycles. The van der Waals surface area contributed by atoms with E-state index in [4.69, 9.17) is 10.7 Å². The van der Waals surface area contributed by atoms with Gasteiger partial charge >= 0.3 is 0 Å². The molecule has 1 aliphatic carbocycles. The number of nitrogens with one attached hydrogen (secondary N) is 1. The first-order valence-corrected chi connectivity index (χ1v) is 9.09. The second-order valence-corrected chi connectivity index (χ2v) is 7.67. The van der Waals surface area contributed by atoms with Gasteiger partial charge in [-0.15, -0.1) is 21.5 Å². The molecule has 0 spiro atoms. The summed E-state index contributed by atoms with van der Waals surface area (Å²) in [5.74, 6) is 0.412. The van der Waals surface area contributed by atoms with Crippen LogP contribution >= 0.6 is 22.7 Å². The Kier molecular flexibility index (Phi) is 3.50. The predicted molar refractivity (Wildman–Crippen MR) is 93.1 cm³/mol. The molecule has 0 radical (unpaired) electrons. The molecule has 1 aliphatic rings. The Morgan fingerprint density at radius 3 is 3.13 bits per heavy atom. The lowest BCUT2D eigenvalue weighted by Crippen LogP contribution is -2.12. The van der Waals surface area contributed by atoms with Crippen molar-refractivity contribution < 1.29 is 4.79 Å². The van der Waals surface area contributed by atoms with E-state index < -0.39 is 0 Å². The molecule has 3 heterocycles. The molecule has 1 atom stereocenters. The van der Waals surface area contributed by atoms with E-state index in [1.54, 1.807) is 5.51 Å². The largest absolute Gasteiger partial charge is 0.397 e. The van der Waals surface area contributed by atoms with Crippen molar-refractivity contribution in [3.05, 3.63) is 27.7 Å². The van der Waals surface area contributed by atoms with Crippen LogP contribution in [0.3, 0.4) is 0 Å². The number of nitrogens with two attached hydrogens (primary N) is 1. The number of nitrogens with zero attached hydrogens (tertiary/aromatic N) is 3. The number of pyridine rings is 1. The Morgan fingerprint density at radius 2 is 2.35 bits per heavy atom. The molecule has 3 aromatic rings. The van der Waals surface area contributed by atoms with E-state index >= 15 is 0 Å². The number of rotatable bonds is 2. The van der Waals surface area contributed by atoms with Gasteiger partial charge in [0.1, 0.15) is 15.2 Å². The van der Waals surface area contributed by atoms with Crippen LogP contribution in [0.2, 0.25) is 0 Å². The van der Waals surface area contributed by atoms with Crippen LogP contribution in [0.4, 0.5) is 10.8 Å². The maximum absolute atomic E-state index is 12.4.